The first-order valence-corrected chi connectivity index (χ1v) is 7.67. The molecule has 0 aromatic heterocycles. The van der Waals surface area contributed by atoms with Gasteiger partial charge in [-0.2, -0.15) is 0 Å². The molecule has 2 aliphatic rings. The second-order valence-electron chi connectivity index (χ2n) is 6.23. The van der Waals surface area contributed by atoms with E-state index in [1.54, 1.807) is 0 Å². The fourth-order valence-corrected chi connectivity index (χ4v) is 4.02. The van der Waals surface area contributed by atoms with Crippen molar-refractivity contribution in [3.63, 3.8) is 0 Å². The Kier molecular flexibility index (Phi) is 2.71. The van der Waals surface area contributed by atoms with E-state index in [-0.39, 0.29) is 6.10 Å². The molecular weight excluding hydrogens is 244 g/mol. The van der Waals surface area contributed by atoms with Gasteiger partial charge in [0.2, 0.25) is 0 Å². The standard InChI is InChI=1S/C19H20O/c1-2-15-18(11-19(15)20)13-7-8-17-14(10-13)9-12-5-3-4-6-16(12)17/h3-8,10,15,18-20H,2,9,11H2,1H3. The van der Waals surface area contributed by atoms with Gasteiger partial charge in [-0.1, -0.05) is 55.8 Å². The summed E-state index contributed by atoms with van der Waals surface area (Å²) in [5.74, 6) is 1.01. The molecule has 2 aliphatic carbocycles. The van der Waals surface area contributed by atoms with Gasteiger partial charge in [-0.05, 0) is 52.5 Å². The molecule has 1 heteroatoms. The van der Waals surface area contributed by atoms with Crippen LogP contribution in [0.2, 0.25) is 0 Å². The third-order valence-corrected chi connectivity index (χ3v) is 5.22. The Morgan fingerprint density at radius 2 is 1.85 bits per heavy atom. The van der Waals surface area contributed by atoms with Crippen LogP contribution >= 0.6 is 0 Å². The van der Waals surface area contributed by atoms with Crippen molar-refractivity contribution in [3.8, 4) is 11.1 Å². The van der Waals surface area contributed by atoms with Crippen LogP contribution in [0.15, 0.2) is 42.5 Å². The SMILES string of the molecule is CCC1C(O)CC1c1ccc2c(c1)Cc1ccccc1-2. The minimum absolute atomic E-state index is 0.0875. The van der Waals surface area contributed by atoms with Gasteiger partial charge in [0.15, 0.2) is 0 Å². The van der Waals surface area contributed by atoms with Crippen molar-refractivity contribution in [2.45, 2.75) is 38.2 Å². The molecule has 1 nitrogen and oxygen atoms in total. The predicted octanol–water partition coefficient (Wildman–Crippen LogP) is 4.13. The summed E-state index contributed by atoms with van der Waals surface area (Å²) in [6, 6.07) is 15.7. The van der Waals surface area contributed by atoms with Gasteiger partial charge < -0.3 is 5.11 Å². The molecule has 3 unspecified atom stereocenters. The Hall–Kier alpha value is -1.60. The molecule has 20 heavy (non-hydrogen) atoms. The minimum Gasteiger partial charge on any atom is -0.393 e. The van der Waals surface area contributed by atoms with Crippen molar-refractivity contribution in [1.82, 2.24) is 0 Å². The molecule has 4 rings (SSSR count). The van der Waals surface area contributed by atoms with Crippen molar-refractivity contribution in [2.75, 3.05) is 0 Å². The van der Waals surface area contributed by atoms with Crippen molar-refractivity contribution in [1.29, 1.82) is 0 Å². The number of hydrogen-bond donors (Lipinski definition) is 1. The van der Waals surface area contributed by atoms with Gasteiger partial charge in [0.25, 0.3) is 0 Å². The molecule has 2 aromatic carbocycles. The van der Waals surface area contributed by atoms with Gasteiger partial charge >= 0.3 is 0 Å². The van der Waals surface area contributed by atoms with Crippen LogP contribution in [-0.4, -0.2) is 11.2 Å². The van der Waals surface area contributed by atoms with E-state index in [0.717, 1.165) is 19.3 Å². The maximum Gasteiger partial charge on any atom is 0.0580 e. The van der Waals surface area contributed by atoms with Crippen LogP contribution in [0.3, 0.4) is 0 Å². The third-order valence-electron chi connectivity index (χ3n) is 5.22. The topological polar surface area (TPSA) is 20.2 Å². The van der Waals surface area contributed by atoms with Gasteiger partial charge in [-0.15, -0.1) is 0 Å². The zero-order valence-electron chi connectivity index (χ0n) is 11.8. The molecule has 1 N–H and O–H groups in total. The van der Waals surface area contributed by atoms with Crippen molar-refractivity contribution in [2.24, 2.45) is 5.92 Å². The lowest BCUT2D eigenvalue weighted by Crippen LogP contribution is -2.39. The van der Waals surface area contributed by atoms with Gasteiger partial charge in [0, 0.05) is 0 Å². The molecule has 0 radical (unpaired) electrons. The van der Waals surface area contributed by atoms with Crippen LogP contribution < -0.4 is 0 Å². The van der Waals surface area contributed by atoms with Crippen LogP contribution in [0, 0.1) is 5.92 Å². The molecule has 0 spiro atoms. The van der Waals surface area contributed by atoms with E-state index >= 15 is 0 Å². The molecule has 0 saturated heterocycles. The highest BCUT2D eigenvalue weighted by Crippen LogP contribution is 2.46. The summed E-state index contributed by atoms with van der Waals surface area (Å²) in [6.07, 6.45) is 2.98. The average molecular weight is 264 g/mol. The Morgan fingerprint density at radius 3 is 2.65 bits per heavy atom. The number of rotatable bonds is 2. The van der Waals surface area contributed by atoms with Gasteiger partial charge in [-0.3, -0.25) is 0 Å². The number of aliphatic hydroxyl groups excluding tert-OH is 1. The zero-order chi connectivity index (χ0) is 13.7. The molecular formula is C19H20O. The molecule has 3 atom stereocenters. The first-order chi connectivity index (χ1) is 9.78. The summed E-state index contributed by atoms with van der Waals surface area (Å²) >= 11 is 0. The second kappa shape index (κ2) is 4.46. The molecule has 0 heterocycles. The number of benzene rings is 2. The van der Waals surface area contributed by atoms with Crippen LogP contribution in [0.4, 0.5) is 0 Å². The molecule has 1 fully saturated rings. The van der Waals surface area contributed by atoms with Crippen LogP contribution in [0.25, 0.3) is 11.1 Å². The van der Waals surface area contributed by atoms with E-state index in [4.69, 9.17) is 0 Å². The Labute approximate surface area is 120 Å². The van der Waals surface area contributed by atoms with Gasteiger partial charge in [0.1, 0.15) is 0 Å². The fourth-order valence-electron chi connectivity index (χ4n) is 4.02. The van der Waals surface area contributed by atoms with Crippen molar-refractivity contribution >= 4 is 0 Å². The van der Waals surface area contributed by atoms with E-state index in [2.05, 4.69) is 49.4 Å². The Morgan fingerprint density at radius 1 is 1.05 bits per heavy atom. The van der Waals surface area contributed by atoms with Crippen molar-refractivity contribution in [3.05, 3.63) is 59.2 Å². The maximum atomic E-state index is 9.87. The number of hydrogen-bond acceptors (Lipinski definition) is 1. The fraction of sp³-hybridized carbons (Fsp3) is 0.368. The molecule has 102 valence electrons. The third kappa shape index (κ3) is 1.66. The maximum absolute atomic E-state index is 9.87. The molecule has 0 bridgehead atoms. The number of fused-ring (bicyclic) bond motifs is 3. The summed E-state index contributed by atoms with van der Waals surface area (Å²) < 4.78 is 0. The highest BCUT2D eigenvalue weighted by Gasteiger charge is 2.39. The Bertz CT molecular complexity index is 659. The quantitative estimate of drug-likeness (QED) is 0.738. The molecule has 2 aromatic rings. The van der Waals surface area contributed by atoms with Crippen molar-refractivity contribution < 1.29 is 5.11 Å². The van der Waals surface area contributed by atoms with Crippen LogP contribution in [0.5, 0.6) is 0 Å². The Balaban J connectivity index is 1.69. The molecule has 0 aliphatic heterocycles. The summed E-state index contributed by atoms with van der Waals surface area (Å²) in [4.78, 5) is 0. The van der Waals surface area contributed by atoms with Crippen LogP contribution in [0.1, 0.15) is 42.4 Å². The average Bonchev–Trinajstić information content (AvgIpc) is 2.82. The predicted molar refractivity (Wildman–Crippen MR) is 81.8 cm³/mol. The lowest BCUT2D eigenvalue weighted by molar-refractivity contribution is -0.000739. The summed E-state index contributed by atoms with van der Waals surface area (Å²) in [5.41, 5.74) is 7.13. The lowest BCUT2D eigenvalue weighted by atomic mass is 9.66. The van der Waals surface area contributed by atoms with E-state index in [1.165, 1.54) is 27.8 Å². The largest absolute Gasteiger partial charge is 0.393 e. The minimum atomic E-state index is -0.0875. The molecule has 0 amide bonds. The first kappa shape index (κ1) is 12.2. The van der Waals surface area contributed by atoms with E-state index < -0.39 is 0 Å². The van der Waals surface area contributed by atoms with E-state index in [9.17, 15) is 5.11 Å². The first-order valence-electron chi connectivity index (χ1n) is 7.67. The van der Waals surface area contributed by atoms with E-state index in [1.807, 2.05) is 0 Å². The monoisotopic (exact) mass is 264 g/mol. The van der Waals surface area contributed by atoms with Crippen LogP contribution in [-0.2, 0) is 6.42 Å². The summed E-state index contributed by atoms with van der Waals surface area (Å²) in [7, 11) is 0. The second-order valence-corrected chi connectivity index (χ2v) is 6.23. The lowest BCUT2D eigenvalue weighted by Gasteiger charge is -2.42. The van der Waals surface area contributed by atoms with Gasteiger partial charge in [0.05, 0.1) is 6.10 Å². The van der Waals surface area contributed by atoms with E-state index in [0.29, 0.717) is 11.8 Å². The highest BCUT2D eigenvalue weighted by molar-refractivity contribution is 5.77. The highest BCUT2D eigenvalue weighted by atomic mass is 16.3. The summed E-state index contributed by atoms with van der Waals surface area (Å²) in [5, 5.41) is 9.87. The summed E-state index contributed by atoms with van der Waals surface area (Å²) in [6.45, 7) is 2.18. The number of aliphatic hydroxyl groups is 1. The zero-order valence-corrected chi connectivity index (χ0v) is 11.8. The normalized spacial score (nSPS) is 26.8. The smallest absolute Gasteiger partial charge is 0.0580 e. The molecule has 1 saturated carbocycles. The van der Waals surface area contributed by atoms with Gasteiger partial charge in [-0.25, -0.2) is 0 Å².